The average Bonchev–Trinajstić information content (AvgIpc) is 2.68. The van der Waals surface area contributed by atoms with E-state index in [-0.39, 0.29) is 0 Å². The number of aliphatic carboxylic acids is 2. The minimum Gasteiger partial charge on any atom is -0.481 e. The molecule has 1 aliphatic heterocycles. The number of hydrogen-bond donors (Lipinski definition) is 2. The first-order chi connectivity index (χ1) is 7.99. The van der Waals surface area contributed by atoms with Crippen LogP contribution in [0.4, 0.5) is 0 Å². The molecular weight excluding hydrogens is 260 g/mol. The van der Waals surface area contributed by atoms with Crippen LogP contribution in [0.15, 0.2) is 10.8 Å². The number of hydrogen-bond acceptors (Lipinski definition) is 4. The highest BCUT2D eigenvalue weighted by molar-refractivity contribution is 8.23. The van der Waals surface area contributed by atoms with Gasteiger partial charge in [0.1, 0.15) is 0 Å². The summed E-state index contributed by atoms with van der Waals surface area (Å²) in [5.41, 5.74) is 0. The van der Waals surface area contributed by atoms with E-state index >= 15 is 0 Å². The van der Waals surface area contributed by atoms with E-state index in [1.807, 2.05) is 0 Å². The van der Waals surface area contributed by atoms with Gasteiger partial charge in [-0.1, -0.05) is 13.8 Å². The van der Waals surface area contributed by atoms with Crippen molar-refractivity contribution in [3.8, 4) is 0 Å². The second-order valence-corrected chi connectivity index (χ2v) is 6.45. The van der Waals surface area contributed by atoms with Crippen molar-refractivity contribution in [2.75, 3.05) is 0 Å². The van der Waals surface area contributed by atoms with Crippen LogP contribution < -0.4 is 0 Å². The summed E-state index contributed by atoms with van der Waals surface area (Å²) >= 11 is 2.67. The molecule has 1 aliphatic rings. The van der Waals surface area contributed by atoms with Gasteiger partial charge in [0, 0.05) is 0 Å². The zero-order valence-corrected chi connectivity index (χ0v) is 11.4. The van der Waals surface area contributed by atoms with Crippen molar-refractivity contribution < 1.29 is 19.8 Å². The quantitative estimate of drug-likeness (QED) is 0.777. The second-order valence-electron chi connectivity index (χ2n) is 3.83. The standard InChI is InChI=1S/C11H16O4S2/c1-3-7(9(12)13)11(16-5-6-17-11)8(4-2)10(14)15/h5-8H,3-4H2,1-2H3,(H,12,13)(H,14,15). The van der Waals surface area contributed by atoms with Gasteiger partial charge in [0.05, 0.1) is 15.9 Å². The SMILES string of the molecule is CCC(C(=O)O)C1(C(CC)C(=O)O)SC=CS1. The maximum absolute atomic E-state index is 11.3. The largest absolute Gasteiger partial charge is 0.481 e. The van der Waals surface area contributed by atoms with Gasteiger partial charge in [-0.3, -0.25) is 9.59 Å². The lowest BCUT2D eigenvalue weighted by molar-refractivity contribution is -0.146. The van der Waals surface area contributed by atoms with Gasteiger partial charge in [0.15, 0.2) is 0 Å². The third kappa shape index (κ3) is 2.63. The highest BCUT2D eigenvalue weighted by Gasteiger charge is 2.52. The topological polar surface area (TPSA) is 74.6 Å². The van der Waals surface area contributed by atoms with Crippen LogP contribution in [0.5, 0.6) is 0 Å². The molecule has 2 N–H and O–H groups in total. The minimum absolute atomic E-state index is 0.431. The molecule has 6 heteroatoms. The van der Waals surface area contributed by atoms with Crippen LogP contribution in [-0.4, -0.2) is 26.2 Å². The number of thioether (sulfide) groups is 2. The molecular formula is C11H16O4S2. The minimum atomic E-state index is -0.920. The number of carboxylic acids is 2. The Kier molecular flexibility index (Phi) is 4.94. The van der Waals surface area contributed by atoms with Gasteiger partial charge >= 0.3 is 11.9 Å². The molecule has 2 unspecified atom stereocenters. The molecule has 0 aromatic carbocycles. The number of carboxylic acid groups (broad SMARTS) is 2. The van der Waals surface area contributed by atoms with E-state index in [0.717, 1.165) is 0 Å². The van der Waals surface area contributed by atoms with Crippen molar-refractivity contribution in [3.05, 3.63) is 10.8 Å². The average molecular weight is 276 g/mol. The lowest BCUT2D eigenvalue weighted by atomic mass is 9.89. The molecule has 0 saturated carbocycles. The zero-order chi connectivity index (χ0) is 13.1. The lowest BCUT2D eigenvalue weighted by Gasteiger charge is -2.37. The molecule has 17 heavy (non-hydrogen) atoms. The fourth-order valence-corrected chi connectivity index (χ4v) is 5.28. The van der Waals surface area contributed by atoms with E-state index in [4.69, 9.17) is 0 Å². The summed E-state index contributed by atoms with van der Waals surface area (Å²) in [5.74, 6) is -3.16. The Balaban J connectivity index is 3.12. The van der Waals surface area contributed by atoms with Crippen LogP contribution in [0, 0.1) is 11.8 Å². The summed E-state index contributed by atoms with van der Waals surface area (Å²) in [5, 5.41) is 22.1. The molecule has 0 aliphatic carbocycles. The first-order valence-corrected chi connectivity index (χ1v) is 7.21. The molecule has 96 valence electrons. The van der Waals surface area contributed by atoms with Crippen molar-refractivity contribution in [2.24, 2.45) is 11.8 Å². The van der Waals surface area contributed by atoms with Gasteiger partial charge in [-0.05, 0) is 23.7 Å². The van der Waals surface area contributed by atoms with E-state index in [1.54, 1.807) is 24.7 Å². The molecule has 0 fully saturated rings. The highest BCUT2D eigenvalue weighted by atomic mass is 32.2. The molecule has 1 heterocycles. The van der Waals surface area contributed by atoms with Crippen LogP contribution in [0.25, 0.3) is 0 Å². The Morgan fingerprint density at radius 1 is 1.06 bits per heavy atom. The number of rotatable bonds is 6. The molecule has 0 aromatic heterocycles. The van der Waals surface area contributed by atoms with Gasteiger partial charge in [-0.2, -0.15) is 0 Å². The van der Waals surface area contributed by atoms with Crippen molar-refractivity contribution in [1.29, 1.82) is 0 Å². The van der Waals surface area contributed by atoms with E-state index < -0.39 is 27.9 Å². The molecule has 4 nitrogen and oxygen atoms in total. The van der Waals surface area contributed by atoms with Crippen LogP contribution in [-0.2, 0) is 9.59 Å². The van der Waals surface area contributed by atoms with Gasteiger partial charge in [0.25, 0.3) is 0 Å². The Morgan fingerprint density at radius 2 is 1.41 bits per heavy atom. The lowest BCUT2D eigenvalue weighted by Crippen LogP contribution is -2.44. The normalized spacial score (nSPS) is 21.1. The Labute approximate surface area is 109 Å². The maximum Gasteiger partial charge on any atom is 0.308 e. The van der Waals surface area contributed by atoms with E-state index in [9.17, 15) is 19.8 Å². The van der Waals surface area contributed by atoms with Crippen LogP contribution >= 0.6 is 23.5 Å². The third-order valence-corrected chi connectivity index (χ3v) is 6.11. The second kappa shape index (κ2) is 5.82. The smallest absolute Gasteiger partial charge is 0.308 e. The van der Waals surface area contributed by atoms with Gasteiger partial charge < -0.3 is 10.2 Å². The van der Waals surface area contributed by atoms with Crippen LogP contribution in [0.3, 0.4) is 0 Å². The summed E-state index contributed by atoms with van der Waals surface area (Å²) in [6.07, 6.45) is 0.863. The Hall–Kier alpha value is -0.620. The molecule has 0 spiro atoms. The maximum atomic E-state index is 11.3. The van der Waals surface area contributed by atoms with Crippen molar-refractivity contribution >= 4 is 35.5 Å². The van der Waals surface area contributed by atoms with Crippen LogP contribution in [0.1, 0.15) is 26.7 Å². The summed E-state index contributed by atoms with van der Waals surface area (Å²) in [7, 11) is 0. The van der Waals surface area contributed by atoms with Crippen LogP contribution in [0.2, 0.25) is 0 Å². The molecule has 0 saturated heterocycles. The first-order valence-electron chi connectivity index (χ1n) is 5.45. The van der Waals surface area contributed by atoms with E-state index in [0.29, 0.717) is 12.8 Å². The van der Waals surface area contributed by atoms with E-state index in [1.165, 1.54) is 23.5 Å². The Bertz CT molecular complexity index is 308. The van der Waals surface area contributed by atoms with Gasteiger partial charge in [-0.25, -0.2) is 0 Å². The summed E-state index contributed by atoms with van der Waals surface area (Å²) in [6, 6.07) is 0. The number of carbonyl (C=O) groups is 2. The monoisotopic (exact) mass is 276 g/mol. The Morgan fingerprint density at radius 3 is 1.65 bits per heavy atom. The predicted octanol–water partition coefficient (Wildman–Crippen LogP) is 2.86. The van der Waals surface area contributed by atoms with Crippen molar-refractivity contribution in [1.82, 2.24) is 0 Å². The molecule has 2 atom stereocenters. The summed E-state index contributed by atoms with van der Waals surface area (Å²) < 4.78 is -0.804. The van der Waals surface area contributed by atoms with E-state index in [2.05, 4.69) is 0 Å². The predicted molar refractivity (Wildman–Crippen MR) is 69.9 cm³/mol. The molecule has 0 aromatic rings. The van der Waals surface area contributed by atoms with Gasteiger partial charge in [0.2, 0.25) is 0 Å². The van der Waals surface area contributed by atoms with Gasteiger partial charge in [-0.15, -0.1) is 23.5 Å². The summed E-state index contributed by atoms with van der Waals surface area (Å²) in [6.45, 7) is 3.57. The highest BCUT2D eigenvalue weighted by Crippen LogP contribution is 2.56. The summed E-state index contributed by atoms with van der Waals surface area (Å²) in [4.78, 5) is 22.6. The fourth-order valence-electron chi connectivity index (χ4n) is 2.13. The molecule has 0 amide bonds. The molecule has 0 radical (unpaired) electrons. The van der Waals surface area contributed by atoms with Crippen molar-refractivity contribution in [2.45, 2.75) is 30.8 Å². The van der Waals surface area contributed by atoms with Crippen molar-refractivity contribution in [3.63, 3.8) is 0 Å². The first kappa shape index (κ1) is 14.4. The zero-order valence-electron chi connectivity index (χ0n) is 9.75. The third-order valence-electron chi connectivity index (χ3n) is 2.94. The fraction of sp³-hybridized carbons (Fsp3) is 0.636. The molecule has 0 bridgehead atoms. The molecule has 1 rings (SSSR count).